The first kappa shape index (κ1) is 25.0. The summed E-state index contributed by atoms with van der Waals surface area (Å²) >= 11 is 1.73. The number of fused-ring (bicyclic) bond motifs is 6. The predicted molar refractivity (Wildman–Crippen MR) is 186 cm³/mol. The van der Waals surface area contributed by atoms with E-state index in [1.54, 1.807) is 11.3 Å². The molecule has 0 radical (unpaired) electrons. The van der Waals surface area contributed by atoms with Crippen molar-refractivity contribution in [3.05, 3.63) is 152 Å². The molecule has 0 spiro atoms. The van der Waals surface area contributed by atoms with Crippen molar-refractivity contribution in [1.82, 2.24) is 14.5 Å². The van der Waals surface area contributed by atoms with Crippen molar-refractivity contribution in [2.75, 3.05) is 0 Å². The van der Waals surface area contributed by atoms with Gasteiger partial charge in [-0.1, -0.05) is 109 Å². The lowest BCUT2D eigenvalue weighted by Gasteiger charge is -2.10. The normalized spacial score (nSPS) is 11.6. The van der Waals surface area contributed by atoms with Gasteiger partial charge in [0.15, 0.2) is 5.82 Å². The van der Waals surface area contributed by atoms with Crippen LogP contribution in [0.15, 0.2) is 152 Å². The molecule has 0 aliphatic heterocycles. The van der Waals surface area contributed by atoms with Gasteiger partial charge < -0.3 is 4.57 Å². The van der Waals surface area contributed by atoms with Gasteiger partial charge in [-0.2, -0.15) is 0 Å². The summed E-state index contributed by atoms with van der Waals surface area (Å²) in [4.78, 5) is 11.5. The first-order valence-electron chi connectivity index (χ1n) is 14.8. The van der Waals surface area contributed by atoms with Crippen molar-refractivity contribution in [2.45, 2.75) is 0 Å². The highest BCUT2D eigenvalue weighted by Gasteiger charge is 2.19. The zero-order valence-corrected chi connectivity index (χ0v) is 24.5. The smallest absolute Gasteiger partial charge is 0.161 e. The lowest BCUT2D eigenvalue weighted by molar-refractivity contribution is 1.18. The molecule has 0 saturated carbocycles. The molecular formula is C40H25N3S. The molecule has 9 rings (SSSR count). The highest BCUT2D eigenvalue weighted by molar-refractivity contribution is 7.25. The van der Waals surface area contributed by atoms with Crippen molar-refractivity contribution in [1.29, 1.82) is 0 Å². The van der Waals surface area contributed by atoms with Crippen LogP contribution in [0.4, 0.5) is 0 Å². The van der Waals surface area contributed by atoms with Gasteiger partial charge >= 0.3 is 0 Å². The number of hydrogen-bond donors (Lipinski definition) is 0. The van der Waals surface area contributed by atoms with Crippen LogP contribution in [-0.4, -0.2) is 14.5 Å². The van der Waals surface area contributed by atoms with Crippen molar-refractivity contribution in [3.63, 3.8) is 0 Å². The molecule has 0 aliphatic rings. The fraction of sp³-hybridized carbons (Fsp3) is 0. The minimum Gasteiger partial charge on any atom is -0.309 e. The second-order valence-corrected chi connectivity index (χ2v) is 12.1. The SMILES string of the molecule is c1ccc(-c2cccc(-c3nc(-c4ccc5c(c4)c4ccccc4n5-c4ccccc4)c4c(n3)sc3ccccc34)c2)cc1. The third kappa shape index (κ3) is 3.96. The molecule has 0 aliphatic carbocycles. The Bertz CT molecular complexity index is 2490. The summed E-state index contributed by atoms with van der Waals surface area (Å²) in [5, 5.41) is 4.74. The summed E-state index contributed by atoms with van der Waals surface area (Å²) in [5.74, 6) is 0.739. The Morgan fingerprint density at radius 2 is 1.14 bits per heavy atom. The molecule has 6 aromatic carbocycles. The predicted octanol–water partition coefficient (Wildman–Crippen LogP) is 10.9. The van der Waals surface area contributed by atoms with Crippen LogP contribution in [0.5, 0.6) is 0 Å². The monoisotopic (exact) mass is 579 g/mol. The van der Waals surface area contributed by atoms with Gasteiger partial charge in [-0.15, -0.1) is 11.3 Å². The molecule has 9 aromatic rings. The molecule has 0 unspecified atom stereocenters. The lowest BCUT2D eigenvalue weighted by atomic mass is 10.0. The molecule has 0 atom stereocenters. The Morgan fingerprint density at radius 3 is 2.00 bits per heavy atom. The number of nitrogens with zero attached hydrogens (tertiary/aromatic N) is 3. The minimum atomic E-state index is 0.739. The van der Waals surface area contributed by atoms with Gasteiger partial charge in [-0.05, 0) is 53.6 Å². The van der Waals surface area contributed by atoms with Crippen LogP contribution in [0.3, 0.4) is 0 Å². The summed E-state index contributed by atoms with van der Waals surface area (Å²) in [6.45, 7) is 0. The quantitative estimate of drug-likeness (QED) is 0.208. The average molecular weight is 580 g/mol. The summed E-state index contributed by atoms with van der Waals surface area (Å²) in [7, 11) is 0. The Kier molecular flexibility index (Phi) is 5.68. The molecular weight excluding hydrogens is 555 g/mol. The molecule has 3 heterocycles. The summed E-state index contributed by atoms with van der Waals surface area (Å²) in [5.41, 5.74) is 8.91. The minimum absolute atomic E-state index is 0.739. The van der Waals surface area contributed by atoms with Crippen LogP contribution < -0.4 is 0 Å². The second-order valence-electron chi connectivity index (χ2n) is 11.0. The van der Waals surface area contributed by atoms with E-state index in [1.165, 1.54) is 37.5 Å². The standard InChI is InChI=1S/C40H25N3S/c1-3-12-26(13-4-1)27-14-11-15-29(24-27)39-41-38(37-32-19-8-10-21-36(32)44-40(37)42-39)28-22-23-35-33(25-28)31-18-7-9-20-34(31)43(35)30-16-5-2-6-17-30/h1-25H. The molecule has 4 heteroatoms. The molecule has 0 amide bonds. The maximum atomic E-state index is 5.34. The fourth-order valence-electron chi connectivity index (χ4n) is 6.41. The van der Waals surface area contributed by atoms with Crippen molar-refractivity contribution in [2.24, 2.45) is 0 Å². The van der Waals surface area contributed by atoms with E-state index in [0.29, 0.717) is 0 Å². The van der Waals surface area contributed by atoms with Gasteiger partial charge in [0.25, 0.3) is 0 Å². The van der Waals surface area contributed by atoms with Gasteiger partial charge in [0.1, 0.15) is 4.83 Å². The van der Waals surface area contributed by atoms with Gasteiger partial charge in [0, 0.05) is 43.1 Å². The number of rotatable bonds is 4. The van der Waals surface area contributed by atoms with Crippen LogP contribution in [-0.2, 0) is 0 Å². The Hall–Kier alpha value is -5.58. The van der Waals surface area contributed by atoms with Gasteiger partial charge in [-0.3, -0.25) is 0 Å². The molecule has 0 fully saturated rings. The van der Waals surface area contributed by atoms with Crippen LogP contribution in [0.2, 0.25) is 0 Å². The zero-order chi connectivity index (χ0) is 29.0. The Morgan fingerprint density at radius 1 is 0.455 bits per heavy atom. The van der Waals surface area contributed by atoms with E-state index in [0.717, 1.165) is 44.1 Å². The molecule has 3 nitrogen and oxygen atoms in total. The molecule has 0 saturated heterocycles. The Labute approximate surface area is 258 Å². The maximum Gasteiger partial charge on any atom is 0.161 e. The number of para-hydroxylation sites is 2. The summed E-state index contributed by atoms with van der Waals surface area (Å²) in [6, 6.07) is 53.6. The van der Waals surface area contributed by atoms with E-state index >= 15 is 0 Å². The third-order valence-electron chi connectivity index (χ3n) is 8.43. The highest BCUT2D eigenvalue weighted by atomic mass is 32.1. The van der Waals surface area contributed by atoms with E-state index in [2.05, 4.69) is 150 Å². The summed E-state index contributed by atoms with van der Waals surface area (Å²) in [6.07, 6.45) is 0. The van der Waals surface area contributed by atoms with E-state index in [4.69, 9.17) is 9.97 Å². The first-order valence-corrected chi connectivity index (χ1v) is 15.6. The van der Waals surface area contributed by atoms with Crippen molar-refractivity contribution >= 4 is 53.4 Å². The lowest BCUT2D eigenvalue weighted by Crippen LogP contribution is -1.95. The number of thiophene rings is 1. The highest BCUT2D eigenvalue weighted by Crippen LogP contribution is 2.41. The number of hydrogen-bond acceptors (Lipinski definition) is 3. The molecule has 3 aromatic heterocycles. The van der Waals surface area contributed by atoms with Gasteiger partial charge in [0.2, 0.25) is 0 Å². The van der Waals surface area contributed by atoms with Crippen LogP contribution in [0.1, 0.15) is 0 Å². The van der Waals surface area contributed by atoms with E-state index in [9.17, 15) is 0 Å². The van der Waals surface area contributed by atoms with E-state index in [-0.39, 0.29) is 0 Å². The fourth-order valence-corrected chi connectivity index (χ4v) is 7.48. The Balaban J connectivity index is 1.31. The number of aromatic nitrogens is 3. The van der Waals surface area contributed by atoms with Crippen LogP contribution in [0.25, 0.3) is 81.6 Å². The zero-order valence-electron chi connectivity index (χ0n) is 23.7. The van der Waals surface area contributed by atoms with Crippen LogP contribution in [0, 0.1) is 0 Å². The van der Waals surface area contributed by atoms with Crippen molar-refractivity contribution in [3.8, 4) is 39.5 Å². The largest absolute Gasteiger partial charge is 0.309 e. The summed E-state index contributed by atoms with van der Waals surface area (Å²) < 4.78 is 3.57. The average Bonchev–Trinajstić information content (AvgIpc) is 3.64. The van der Waals surface area contributed by atoms with Crippen LogP contribution >= 0.6 is 11.3 Å². The first-order chi connectivity index (χ1) is 21.8. The molecule has 0 N–H and O–H groups in total. The topological polar surface area (TPSA) is 30.7 Å². The van der Waals surface area contributed by atoms with E-state index in [1.807, 2.05) is 6.07 Å². The van der Waals surface area contributed by atoms with E-state index < -0.39 is 0 Å². The molecule has 44 heavy (non-hydrogen) atoms. The maximum absolute atomic E-state index is 5.34. The van der Waals surface area contributed by atoms with Gasteiger partial charge in [-0.25, -0.2) is 9.97 Å². The third-order valence-corrected chi connectivity index (χ3v) is 9.49. The molecule has 206 valence electrons. The van der Waals surface area contributed by atoms with Gasteiger partial charge in [0.05, 0.1) is 16.7 Å². The second kappa shape index (κ2) is 10.0. The van der Waals surface area contributed by atoms with Crippen molar-refractivity contribution < 1.29 is 0 Å². The molecule has 0 bridgehead atoms. The number of benzene rings is 6.